The smallest absolute Gasteiger partial charge is 0.475 e. The van der Waals surface area contributed by atoms with Crippen LogP contribution in [0.3, 0.4) is 0 Å². The molecule has 0 unspecified atom stereocenters. The van der Waals surface area contributed by atoms with Gasteiger partial charge in [0.05, 0.1) is 0 Å². The Labute approximate surface area is 183 Å². The van der Waals surface area contributed by atoms with E-state index in [1.165, 1.54) is 0 Å². The van der Waals surface area contributed by atoms with Crippen molar-refractivity contribution in [3.63, 3.8) is 0 Å². The SMILES string of the molecule is CCCc1cc(C(=O)NCc2ccnc(N3CCN(C)CC3)c2)no1.O=C(O)C(F)(F)F. The second kappa shape index (κ2) is 11.5. The molecule has 0 bridgehead atoms. The van der Waals surface area contributed by atoms with Gasteiger partial charge < -0.3 is 24.7 Å². The standard InChI is InChI=1S/C18H25N5O2.C2HF3O2/c1-3-4-15-12-16(21-25-15)18(24)20-13-14-5-6-19-17(11-14)23-9-7-22(2)8-10-23;3-2(4,5)1(6)7/h5-6,11-12H,3-4,7-10,13H2,1-2H3,(H,20,24);(H,6,7). The predicted octanol–water partition coefficient (Wildman–Crippen LogP) is 2.34. The molecule has 176 valence electrons. The topological polar surface area (TPSA) is 112 Å². The number of carbonyl (C=O) groups is 2. The van der Waals surface area contributed by atoms with Crippen molar-refractivity contribution in [1.29, 1.82) is 0 Å². The second-order valence-electron chi connectivity index (χ2n) is 7.23. The molecule has 0 saturated carbocycles. The van der Waals surface area contributed by atoms with Crippen LogP contribution < -0.4 is 10.2 Å². The molecule has 1 fully saturated rings. The molecule has 0 spiro atoms. The van der Waals surface area contributed by atoms with Crippen LogP contribution in [0.1, 0.15) is 35.2 Å². The first-order valence-corrected chi connectivity index (χ1v) is 10.0. The summed E-state index contributed by atoms with van der Waals surface area (Å²) in [6.45, 7) is 6.52. The second-order valence-corrected chi connectivity index (χ2v) is 7.23. The van der Waals surface area contributed by atoms with Gasteiger partial charge in [0.25, 0.3) is 5.91 Å². The molecule has 2 aromatic heterocycles. The zero-order valence-electron chi connectivity index (χ0n) is 17.9. The molecule has 3 heterocycles. The van der Waals surface area contributed by atoms with Crippen LogP contribution in [0.15, 0.2) is 28.9 Å². The summed E-state index contributed by atoms with van der Waals surface area (Å²) in [7, 11) is 2.13. The van der Waals surface area contributed by atoms with Crippen molar-refractivity contribution in [1.82, 2.24) is 20.4 Å². The van der Waals surface area contributed by atoms with E-state index >= 15 is 0 Å². The number of nitrogens with one attached hydrogen (secondary N) is 1. The normalized spacial score (nSPS) is 14.5. The maximum Gasteiger partial charge on any atom is 0.490 e. The first-order chi connectivity index (χ1) is 15.1. The van der Waals surface area contributed by atoms with Gasteiger partial charge in [-0.15, -0.1) is 0 Å². The average molecular weight is 457 g/mol. The number of pyridine rings is 1. The third kappa shape index (κ3) is 7.84. The Morgan fingerprint density at radius 2 is 1.88 bits per heavy atom. The lowest BCUT2D eigenvalue weighted by Gasteiger charge is -2.33. The monoisotopic (exact) mass is 457 g/mol. The first-order valence-electron chi connectivity index (χ1n) is 10.0. The third-order valence-corrected chi connectivity index (χ3v) is 4.62. The summed E-state index contributed by atoms with van der Waals surface area (Å²) in [5.74, 6) is -1.27. The number of aliphatic carboxylic acids is 1. The number of alkyl halides is 3. The first kappa shape index (κ1) is 25.1. The fourth-order valence-corrected chi connectivity index (χ4v) is 2.84. The van der Waals surface area contributed by atoms with Gasteiger partial charge in [-0.3, -0.25) is 4.79 Å². The van der Waals surface area contributed by atoms with Gasteiger partial charge in [0, 0.05) is 51.4 Å². The summed E-state index contributed by atoms with van der Waals surface area (Å²) in [5.41, 5.74) is 1.35. The minimum atomic E-state index is -5.08. The molecule has 1 saturated heterocycles. The summed E-state index contributed by atoms with van der Waals surface area (Å²) in [5, 5.41) is 13.8. The Balaban J connectivity index is 0.000000451. The number of nitrogens with zero attached hydrogens (tertiary/aromatic N) is 4. The minimum Gasteiger partial charge on any atom is -0.475 e. The van der Waals surface area contributed by atoms with Crippen molar-refractivity contribution >= 4 is 17.7 Å². The molecule has 1 aliphatic rings. The highest BCUT2D eigenvalue weighted by molar-refractivity contribution is 5.92. The number of anilines is 1. The Morgan fingerprint density at radius 3 is 2.47 bits per heavy atom. The number of halogens is 3. The Hall–Kier alpha value is -3.15. The average Bonchev–Trinajstić information content (AvgIpc) is 3.22. The molecule has 2 aromatic rings. The highest BCUT2D eigenvalue weighted by Crippen LogP contribution is 2.15. The van der Waals surface area contributed by atoms with Crippen molar-refractivity contribution in [3.05, 3.63) is 41.4 Å². The van der Waals surface area contributed by atoms with Crippen LogP contribution in [0.25, 0.3) is 0 Å². The van der Waals surface area contributed by atoms with E-state index in [1.54, 1.807) is 12.3 Å². The number of rotatable bonds is 6. The summed E-state index contributed by atoms with van der Waals surface area (Å²) in [6.07, 6.45) is -1.54. The summed E-state index contributed by atoms with van der Waals surface area (Å²) in [6, 6.07) is 5.67. The van der Waals surface area contributed by atoms with Gasteiger partial charge in [0.15, 0.2) is 5.69 Å². The number of hydrogen-bond acceptors (Lipinski definition) is 7. The molecule has 1 aliphatic heterocycles. The van der Waals surface area contributed by atoms with Crippen LogP contribution in [-0.2, 0) is 17.8 Å². The lowest BCUT2D eigenvalue weighted by molar-refractivity contribution is -0.192. The lowest BCUT2D eigenvalue weighted by Crippen LogP contribution is -2.44. The van der Waals surface area contributed by atoms with Crippen molar-refractivity contribution in [2.24, 2.45) is 0 Å². The number of aryl methyl sites for hydroxylation is 1. The largest absolute Gasteiger partial charge is 0.490 e. The number of aromatic nitrogens is 2. The fraction of sp³-hybridized carbons (Fsp3) is 0.500. The van der Waals surface area contributed by atoms with Gasteiger partial charge in [0.2, 0.25) is 0 Å². The molecule has 12 heteroatoms. The van der Waals surface area contributed by atoms with Crippen LogP contribution in [-0.4, -0.2) is 71.4 Å². The van der Waals surface area contributed by atoms with Gasteiger partial charge in [0.1, 0.15) is 11.6 Å². The maximum atomic E-state index is 12.2. The molecule has 0 radical (unpaired) electrons. The summed E-state index contributed by atoms with van der Waals surface area (Å²) in [4.78, 5) is 30.1. The Kier molecular flexibility index (Phi) is 9.00. The van der Waals surface area contributed by atoms with Crippen molar-refractivity contribution < 1.29 is 32.4 Å². The van der Waals surface area contributed by atoms with Gasteiger partial charge >= 0.3 is 12.1 Å². The Morgan fingerprint density at radius 1 is 1.22 bits per heavy atom. The van der Waals surface area contributed by atoms with E-state index in [4.69, 9.17) is 14.4 Å². The van der Waals surface area contributed by atoms with Crippen LogP contribution in [0.4, 0.5) is 19.0 Å². The number of carboxylic acid groups (broad SMARTS) is 1. The molecule has 32 heavy (non-hydrogen) atoms. The van der Waals surface area contributed by atoms with Crippen LogP contribution in [0.2, 0.25) is 0 Å². The van der Waals surface area contributed by atoms with E-state index in [-0.39, 0.29) is 5.91 Å². The lowest BCUT2D eigenvalue weighted by atomic mass is 10.2. The number of likely N-dealkylation sites (N-methyl/N-ethyl adjacent to an activating group) is 1. The third-order valence-electron chi connectivity index (χ3n) is 4.62. The predicted molar refractivity (Wildman–Crippen MR) is 109 cm³/mol. The number of piperazine rings is 1. The number of hydrogen-bond donors (Lipinski definition) is 2. The maximum absolute atomic E-state index is 12.2. The zero-order chi connectivity index (χ0) is 23.7. The van der Waals surface area contributed by atoms with E-state index in [0.717, 1.165) is 56.2 Å². The van der Waals surface area contributed by atoms with E-state index in [2.05, 4.69) is 39.2 Å². The molecular formula is C20H26F3N5O4. The molecule has 2 N–H and O–H groups in total. The number of carbonyl (C=O) groups excluding carboxylic acids is 1. The van der Waals surface area contributed by atoms with Gasteiger partial charge in [-0.2, -0.15) is 13.2 Å². The van der Waals surface area contributed by atoms with Gasteiger partial charge in [-0.05, 0) is 31.2 Å². The quantitative estimate of drug-likeness (QED) is 0.680. The zero-order valence-corrected chi connectivity index (χ0v) is 17.9. The molecule has 1 amide bonds. The van der Waals surface area contributed by atoms with Crippen LogP contribution >= 0.6 is 0 Å². The summed E-state index contributed by atoms with van der Waals surface area (Å²) < 4.78 is 36.9. The molecule has 9 nitrogen and oxygen atoms in total. The number of carboxylic acids is 1. The van der Waals surface area contributed by atoms with E-state index < -0.39 is 12.1 Å². The van der Waals surface area contributed by atoms with Crippen molar-refractivity contribution in [2.75, 3.05) is 38.1 Å². The van der Waals surface area contributed by atoms with Crippen LogP contribution in [0, 0.1) is 0 Å². The van der Waals surface area contributed by atoms with Crippen molar-refractivity contribution in [2.45, 2.75) is 32.5 Å². The molecule has 0 aliphatic carbocycles. The van der Waals surface area contributed by atoms with Gasteiger partial charge in [-0.25, -0.2) is 9.78 Å². The van der Waals surface area contributed by atoms with E-state index in [9.17, 15) is 18.0 Å². The van der Waals surface area contributed by atoms with Gasteiger partial charge in [-0.1, -0.05) is 12.1 Å². The Bertz CT molecular complexity index is 895. The van der Waals surface area contributed by atoms with Crippen molar-refractivity contribution in [3.8, 4) is 0 Å². The molecular weight excluding hydrogens is 431 g/mol. The summed E-state index contributed by atoms with van der Waals surface area (Å²) >= 11 is 0. The molecule has 0 atom stereocenters. The van der Waals surface area contributed by atoms with Crippen LogP contribution in [0.5, 0.6) is 0 Å². The highest BCUT2D eigenvalue weighted by Gasteiger charge is 2.38. The minimum absolute atomic E-state index is 0.218. The molecule has 0 aromatic carbocycles. The van der Waals surface area contributed by atoms with E-state index in [1.807, 2.05) is 12.1 Å². The fourth-order valence-electron chi connectivity index (χ4n) is 2.84. The highest BCUT2D eigenvalue weighted by atomic mass is 19.4. The molecule has 3 rings (SSSR count). The number of amides is 1. The van der Waals surface area contributed by atoms with E-state index in [0.29, 0.717) is 12.2 Å².